The molecule has 1 fully saturated rings. The van der Waals surface area contributed by atoms with Crippen molar-refractivity contribution in [3.05, 3.63) is 11.6 Å². The molecule has 0 N–H and O–H groups in total. The highest BCUT2D eigenvalue weighted by atomic mass is 32.2. The van der Waals surface area contributed by atoms with E-state index >= 15 is 0 Å². The van der Waals surface area contributed by atoms with Gasteiger partial charge in [-0.2, -0.15) is 8.42 Å². The molecule has 0 radical (unpaired) electrons. The number of hydrogen-bond donors (Lipinski definition) is 0. The molecule has 2 atom stereocenters. The standard InChI is InChI=1S/C14H24O5S/c1-5-18-13(15)12-14(4,8-6-7-11(2)3)9-10-19-20(12,16)17/h7,12H,5-6,8-10H2,1-4H3/t12?,14-/m1/s1. The fraction of sp³-hybridized carbons (Fsp3) is 0.786. The van der Waals surface area contributed by atoms with Crippen LogP contribution in [0.2, 0.25) is 0 Å². The van der Waals surface area contributed by atoms with Crippen LogP contribution in [0.5, 0.6) is 0 Å². The molecule has 1 rings (SSSR count). The molecule has 1 heterocycles. The minimum absolute atomic E-state index is 0.129. The SMILES string of the molecule is CCOC(=O)C1[C@](C)(CCC=C(C)C)CCOS1(=O)=O. The zero-order valence-corrected chi connectivity index (χ0v) is 13.5. The number of rotatable bonds is 5. The van der Waals surface area contributed by atoms with Crippen molar-refractivity contribution in [3.8, 4) is 0 Å². The number of ether oxygens (including phenoxy) is 1. The minimum atomic E-state index is -3.90. The highest BCUT2D eigenvalue weighted by molar-refractivity contribution is 7.88. The lowest BCUT2D eigenvalue weighted by Gasteiger charge is -2.38. The largest absolute Gasteiger partial charge is 0.465 e. The Morgan fingerprint density at radius 3 is 2.65 bits per heavy atom. The first-order valence-electron chi connectivity index (χ1n) is 6.91. The molecule has 116 valence electrons. The van der Waals surface area contributed by atoms with E-state index in [2.05, 4.69) is 6.08 Å². The van der Waals surface area contributed by atoms with Gasteiger partial charge in [0.15, 0.2) is 5.25 Å². The molecule has 0 aliphatic carbocycles. The number of carbonyl (C=O) groups excluding carboxylic acids is 1. The maximum absolute atomic E-state index is 12.1. The van der Waals surface area contributed by atoms with Crippen LogP contribution in [0, 0.1) is 5.41 Å². The van der Waals surface area contributed by atoms with Crippen LogP contribution in [-0.4, -0.2) is 32.9 Å². The third-order valence-corrected chi connectivity index (χ3v) is 5.45. The van der Waals surface area contributed by atoms with Crippen LogP contribution in [0.4, 0.5) is 0 Å². The van der Waals surface area contributed by atoms with E-state index in [-0.39, 0.29) is 13.2 Å². The summed E-state index contributed by atoms with van der Waals surface area (Å²) in [6, 6.07) is 0. The van der Waals surface area contributed by atoms with E-state index in [1.54, 1.807) is 6.92 Å². The van der Waals surface area contributed by atoms with Crippen molar-refractivity contribution in [1.29, 1.82) is 0 Å². The Bertz CT molecular complexity index is 476. The maximum Gasteiger partial charge on any atom is 0.327 e. The highest BCUT2D eigenvalue weighted by Crippen LogP contribution is 2.40. The van der Waals surface area contributed by atoms with Crippen LogP contribution in [0.25, 0.3) is 0 Å². The van der Waals surface area contributed by atoms with Crippen LogP contribution >= 0.6 is 0 Å². The van der Waals surface area contributed by atoms with E-state index < -0.39 is 26.8 Å². The first kappa shape index (κ1) is 17.2. The van der Waals surface area contributed by atoms with E-state index in [4.69, 9.17) is 8.92 Å². The summed E-state index contributed by atoms with van der Waals surface area (Å²) < 4.78 is 33.9. The van der Waals surface area contributed by atoms with E-state index in [9.17, 15) is 13.2 Å². The maximum atomic E-state index is 12.1. The average molecular weight is 304 g/mol. The van der Waals surface area contributed by atoms with Gasteiger partial charge in [0.05, 0.1) is 13.2 Å². The van der Waals surface area contributed by atoms with Crippen molar-refractivity contribution in [2.24, 2.45) is 5.41 Å². The molecule has 0 spiro atoms. The first-order chi connectivity index (χ1) is 9.23. The molecule has 0 aromatic heterocycles. The second kappa shape index (κ2) is 6.72. The van der Waals surface area contributed by atoms with Gasteiger partial charge in [-0.15, -0.1) is 0 Å². The summed E-state index contributed by atoms with van der Waals surface area (Å²) in [5, 5.41) is -1.23. The zero-order valence-electron chi connectivity index (χ0n) is 12.6. The van der Waals surface area contributed by atoms with Gasteiger partial charge in [0.25, 0.3) is 10.1 Å². The Kier molecular flexibility index (Phi) is 5.77. The second-order valence-corrected chi connectivity index (χ2v) is 7.36. The van der Waals surface area contributed by atoms with Gasteiger partial charge >= 0.3 is 5.97 Å². The minimum Gasteiger partial charge on any atom is -0.465 e. The summed E-state index contributed by atoms with van der Waals surface area (Å²) in [5.41, 5.74) is 0.533. The second-order valence-electron chi connectivity index (χ2n) is 5.67. The van der Waals surface area contributed by atoms with Gasteiger partial charge in [-0.3, -0.25) is 8.98 Å². The van der Waals surface area contributed by atoms with Crippen LogP contribution in [0.15, 0.2) is 11.6 Å². The number of esters is 1. The third-order valence-electron chi connectivity index (χ3n) is 3.61. The number of allylic oxidation sites excluding steroid dienone is 2. The third kappa shape index (κ3) is 4.06. The first-order valence-corrected chi connectivity index (χ1v) is 8.38. The topological polar surface area (TPSA) is 69.7 Å². The smallest absolute Gasteiger partial charge is 0.327 e. The Morgan fingerprint density at radius 1 is 1.45 bits per heavy atom. The van der Waals surface area contributed by atoms with Gasteiger partial charge in [0.1, 0.15) is 0 Å². The van der Waals surface area contributed by atoms with Gasteiger partial charge in [0.2, 0.25) is 0 Å². The zero-order chi connectivity index (χ0) is 15.4. The molecular formula is C14H24O5S. The fourth-order valence-corrected chi connectivity index (χ4v) is 4.19. The molecule has 1 aliphatic rings. The summed E-state index contributed by atoms with van der Waals surface area (Å²) in [4.78, 5) is 12.0. The highest BCUT2D eigenvalue weighted by Gasteiger charge is 2.51. The van der Waals surface area contributed by atoms with Crippen LogP contribution in [0.1, 0.15) is 47.0 Å². The predicted octanol–water partition coefficient (Wildman–Crippen LogP) is 2.42. The quantitative estimate of drug-likeness (QED) is 0.443. The van der Waals surface area contributed by atoms with Gasteiger partial charge < -0.3 is 4.74 Å². The molecule has 5 nitrogen and oxygen atoms in total. The molecule has 1 saturated heterocycles. The van der Waals surface area contributed by atoms with Crippen molar-refractivity contribution < 1.29 is 22.1 Å². The summed E-state index contributed by atoms with van der Waals surface area (Å²) in [5.74, 6) is -0.702. The number of carbonyl (C=O) groups is 1. The van der Waals surface area contributed by atoms with Crippen molar-refractivity contribution >= 4 is 16.1 Å². The molecule has 1 unspecified atom stereocenters. The van der Waals surface area contributed by atoms with Crippen LogP contribution < -0.4 is 0 Å². The van der Waals surface area contributed by atoms with Gasteiger partial charge in [-0.1, -0.05) is 18.6 Å². The molecule has 0 aromatic rings. The molecule has 0 bridgehead atoms. The lowest BCUT2D eigenvalue weighted by atomic mass is 9.78. The van der Waals surface area contributed by atoms with E-state index in [1.165, 1.54) is 5.57 Å². The summed E-state index contributed by atoms with van der Waals surface area (Å²) in [7, 11) is -3.90. The molecule has 20 heavy (non-hydrogen) atoms. The van der Waals surface area contributed by atoms with Gasteiger partial charge in [0, 0.05) is 5.41 Å². The molecule has 0 aromatic carbocycles. The Hall–Kier alpha value is -0.880. The molecule has 0 saturated carbocycles. The van der Waals surface area contributed by atoms with Crippen molar-refractivity contribution in [2.75, 3.05) is 13.2 Å². The van der Waals surface area contributed by atoms with Crippen LogP contribution in [0.3, 0.4) is 0 Å². The van der Waals surface area contributed by atoms with E-state index in [1.807, 2.05) is 20.8 Å². The molecular weight excluding hydrogens is 280 g/mol. The normalized spacial score (nSPS) is 28.7. The number of hydrogen-bond acceptors (Lipinski definition) is 5. The molecule has 1 aliphatic heterocycles. The van der Waals surface area contributed by atoms with Gasteiger partial charge in [-0.25, -0.2) is 0 Å². The lowest BCUT2D eigenvalue weighted by Crippen LogP contribution is -2.50. The summed E-state index contributed by atoms with van der Waals surface area (Å²) in [6.07, 6.45) is 3.94. The molecule has 0 amide bonds. The fourth-order valence-electron chi connectivity index (χ4n) is 2.51. The Morgan fingerprint density at radius 2 is 2.10 bits per heavy atom. The Balaban J connectivity index is 2.99. The Labute approximate surface area is 121 Å². The average Bonchev–Trinajstić information content (AvgIpc) is 2.26. The van der Waals surface area contributed by atoms with Crippen molar-refractivity contribution in [3.63, 3.8) is 0 Å². The van der Waals surface area contributed by atoms with Crippen molar-refractivity contribution in [1.82, 2.24) is 0 Å². The van der Waals surface area contributed by atoms with Gasteiger partial charge in [-0.05, 0) is 40.0 Å². The van der Waals surface area contributed by atoms with E-state index in [0.29, 0.717) is 12.8 Å². The predicted molar refractivity (Wildman–Crippen MR) is 76.7 cm³/mol. The monoisotopic (exact) mass is 304 g/mol. The summed E-state index contributed by atoms with van der Waals surface area (Å²) >= 11 is 0. The van der Waals surface area contributed by atoms with E-state index in [0.717, 1.165) is 6.42 Å². The molecule has 6 heteroatoms. The van der Waals surface area contributed by atoms with Crippen molar-refractivity contribution in [2.45, 2.75) is 52.2 Å². The lowest BCUT2D eigenvalue weighted by molar-refractivity contribution is -0.146. The summed E-state index contributed by atoms with van der Waals surface area (Å²) in [6.45, 7) is 7.76. The van der Waals surface area contributed by atoms with Crippen LogP contribution in [-0.2, 0) is 23.8 Å².